The van der Waals surface area contributed by atoms with Crippen LogP contribution in [0.5, 0.6) is 5.75 Å². The number of rotatable bonds is 10. The van der Waals surface area contributed by atoms with Crippen molar-refractivity contribution in [1.29, 1.82) is 5.26 Å². The van der Waals surface area contributed by atoms with Gasteiger partial charge in [-0.15, -0.1) is 0 Å². The van der Waals surface area contributed by atoms with Gasteiger partial charge >= 0.3 is 0 Å². The summed E-state index contributed by atoms with van der Waals surface area (Å²) >= 11 is 1.45. The van der Waals surface area contributed by atoms with E-state index in [2.05, 4.69) is 11.4 Å². The molecule has 1 amide bonds. The Morgan fingerprint density at radius 3 is 2.44 bits per heavy atom. The number of carbonyl (C=O) groups excluding carboxylic acids is 1. The molecule has 32 heavy (non-hydrogen) atoms. The van der Waals surface area contributed by atoms with E-state index in [1.165, 1.54) is 11.8 Å². The highest BCUT2D eigenvalue weighted by atomic mass is 32.2. The van der Waals surface area contributed by atoms with Crippen LogP contribution in [0.2, 0.25) is 0 Å². The molecule has 1 unspecified atom stereocenters. The summed E-state index contributed by atoms with van der Waals surface area (Å²) < 4.78 is 5.71. The molecule has 164 valence electrons. The van der Waals surface area contributed by atoms with Gasteiger partial charge in [0.2, 0.25) is 0 Å². The van der Waals surface area contributed by atoms with Crippen molar-refractivity contribution in [2.24, 2.45) is 0 Å². The van der Waals surface area contributed by atoms with E-state index in [0.717, 1.165) is 29.1 Å². The van der Waals surface area contributed by atoms with Crippen LogP contribution in [0.1, 0.15) is 42.1 Å². The predicted octanol–water partition coefficient (Wildman–Crippen LogP) is 5.89. The van der Waals surface area contributed by atoms with E-state index in [-0.39, 0.29) is 12.0 Å². The third-order valence-electron chi connectivity index (χ3n) is 4.76. The Morgan fingerprint density at radius 1 is 1.03 bits per heavy atom. The number of unbranched alkanes of at least 4 members (excludes halogenated alkanes) is 1. The van der Waals surface area contributed by atoms with Crippen LogP contribution in [0.3, 0.4) is 0 Å². The summed E-state index contributed by atoms with van der Waals surface area (Å²) in [6.07, 6.45) is 2.27. The van der Waals surface area contributed by atoms with E-state index in [1.54, 1.807) is 37.3 Å². The number of benzene rings is 3. The predicted molar refractivity (Wildman–Crippen MR) is 127 cm³/mol. The monoisotopic (exact) mass is 446 g/mol. The first-order chi connectivity index (χ1) is 15.6. The molecule has 1 atom stereocenters. The summed E-state index contributed by atoms with van der Waals surface area (Å²) in [7, 11) is 0. The minimum absolute atomic E-state index is 0.213. The van der Waals surface area contributed by atoms with Gasteiger partial charge in [0, 0.05) is 15.4 Å². The first kappa shape index (κ1) is 23.4. The van der Waals surface area contributed by atoms with Gasteiger partial charge in [-0.25, -0.2) is 0 Å². The molecule has 5 nitrogen and oxygen atoms in total. The van der Waals surface area contributed by atoms with Crippen molar-refractivity contribution in [3.63, 3.8) is 0 Å². The van der Waals surface area contributed by atoms with Crippen molar-refractivity contribution in [3.05, 3.63) is 83.9 Å². The van der Waals surface area contributed by atoms with Gasteiger partial charge in [0.05, 0.1) is 24.0 Å². The van der Waals surface area contributed by atoms with Crippen LogP contribution in [0, 0.1) is 11.3 Å². The van der Waals surface area contributed by atoms with Crippen LogP contribution in [0.15, 0.2) is 82.6 Å². The molecule has 0 aliphatic rings. The van der Waals surface area contributed by atoms with Crippen LogP contribution >= 0.6 is 11.8 Å². The Morgan fingerprint density at radius 2 is 1.72 bits per heavy atom. The fourth-order valence-corrected chi connectivity index (χ4v) is 4.04. The maximum atomic E-state index is 12.8. The topological polar surface area (TPSA) is 82.3 Å². The smallest absolute Gasteiger partial charge is 0.255 e. The zero-order valence-electron chi connectivity index (χ0n) is 18.0. The van der Waals surface area contributed by atoms with E-state index in [1.807, 2.05) is 42.5 Å². The quantitative estimate of drug-likeness (QED) is 0.379. The summed E-state index contributed by atoms with van der Waals surface area (Å²) in [6.45, 7) is 2.36. The van der Waals surface area contributed by atoms with Crippen LogP contribution in [-0.4, -0.2) is 23.7 Å². The number of hydrogen-bond donors (Lipinski definition) is 2. The van der Waals surface area contributed by atoms with E-state index in [4.69, 9.17) is 4.74 Å². The highest BCUT2D eigenvalue weighted by molar-refractivity contribution is 7.99. The lowest BCUT2D eigenvalue weighted by Crippen LogP contribution is -2.12. The van der Waals surface area contributed by atoms with Crippen molar-refractivity contribution < 1.29 is 14.6 Å². The normalized spacial score (nSPS) is 11.4. The lowest BCUT2D eigenvalue weighted by atomic mass is 10.2. The van der Waals surface area contributed by atoms with Crippen LogP contribution in [0.4, 0.5) is 5.69 Å². The molecular formula is C26H26N2O3S. The highest BCUT2D eigenvalue weighted by Crippen LogP contribution is 2.35. The number of aliphatic hydroxyl groups is 1. The lowest BCUT2D eigenvalue weighted by Gasteiger charge is -2.12. The van der Waals surface area contributed by atoms with E-state index in [9.17, 15) is 15.2 Å². The van der Waals surface area contributed by atoms with Gasteiger partial charge in [-0.2, -0.15) is 5.26 Å². The molecular weight excluding hydrogens is 420 g/mol. The Balaban J connectivity index is 1.61. The number of hydrogen-bond acceptors (Lipinski definition) is 5. The Labute approximate surface area is 193 Å². The Bertz CT molecular complexity index is 1070. The van der Waals surface area contributed by atoms with Crippen molar-refractivity contribution in [2.75, 3.05) is 11.9 Å². The van der Waals surface area contributed by atoms with E-state index in [0.29, 0.717) is 29.2 Å². The maximum absolute atomic E-state index is 12.8. The third-order valence-corrected chi connectivity index (χ3v) is 5.92. The Hall–Kier alpha value is -3.27. The maximum Gasteiger partial charge on any atom is 0.255 e. The minimum atomic E-state index is -0.280. The van der Waals surface area contributed by atoms with Crippen molar-refractivity contribution in [1.82, 2.24) is 0 Å². The molecule has 3 aromatic rings. The lowest BCUT2D eigenvalue weighted by molar-refractivity contribution is 0.102. The number of amides is 1. The second kappa shape index (κ2) is 11.9. The van der Waals surface area contributed by atoms with Gasteiger partial charge in [0.25, 0.3) is 5.91 Å². The molecule has 0 spiro atoms. The summed E-state index contributed by atoms with van der Waals surface area (Å²) in [5, 5.41) is 21.6. The van der Waals surface area contributed by atoms with Gasteiger partial charge in [-0.05, 0) is 74.7 Å². The molecule has 0 aromatic heterocycles. The number of nitrogens with zero attached hydrogens (tertiary/aromatic N) is 1. The number of para-hydroxylation sites is 1. The second-order valence-electron chi connectivity index (χ2n) is 7.38. The third kappa shape index (κ3) is 6.88. The molecule has 0 fully saturated rings. The van der Waals surface area contributed by atoms with Crippen LogP contribution in [-0.2, 0) is 0 Å². The zero-order valence-corrected chi connectivity index (χ0v) is 18.8. The van der Waals surface area contributed by atoms with Crippen LogP contribution in [0.25, 0.3) is 0 Å². The Kier molecular flexibility index (Phi) is 8.73. The standard InChI is InChI=1S/C26H26N2O3S/c1-19(29)8-6-7-17-31-22-15-13-20(14-16-22)26(30)28-23-10-3-5-12-25(23)32-24-11-4-2-9-21(24)18-27/h2-5,9-16,19,29H,6-8,17H2,1H3,(H,28,30). The number of nitrogens with one attached hydrogen (secondary N) is 1. The van der Waals surface area contributed by atoms with Gasteiger partial charge in [0.1, 0.15) is 11.8 Å². The summed E-state index contributed by atoms with van der Waals surface area (Å²) in [4.78, 5) is 14.5. The molecule has 0 aliphatic carbocycles. The summed E-state index contributed by atoms with van der Waals surface area (Å²) in [5.41, 5.74) is 1.82. The average Bonchev–Trinajstić information content (AvgIpc) is 2.80. The number of ether oxygens (including phenoxy) is 1. The first-order valence-electron chi connectivity index (χ1n) is 10.5. The molecule has 3 rings (SSSR count). The second-order valence-corrected chi connectivity index (χ2v) is 8.46. The molecule has 0 saturated carbocycles. The van der Waals surface area contributed by atoms with E-state index >= 15 is 0 Å². The first-order valence-corrected chi connectivity index (χ1v) is 11.4. The van der Waals surface area contributed by atoms with Crippen molar-refractivity contribution in [2.45, 2.75) is 42.1 Å². The number of nitriles is 1. The minimum Gasteiger partial charge on any atom is -0.494 e. The summed E-state index contributed by atoms with van der Waals surface area (Å²) in [5.74, 6) is 0.498. The molecule has 0 aliphatic heterocycles. The fourth-order valence-electron chi connectivity index (χ4n) is 3.05. The van der Waals surface area contributed by atoms with Gasteiger partial charge in [-0.3, -0.25) is 4.79 Å². The molecule has 0 saturated heterocycles. The fraction of sp³-hybridized carbons (Fsp3) is 0.231. The molecule has 2 N–H and O–H groups in total. The largest absolute Gasteiger partial charge is 0.494 e. The van der Waals surface area contributed by atoms with Crippen molar-refractivity contribution in [3.8, 4) is 11.8 Å². The summed E-state index contributed by atoms with van der Waals surface area (Å²) in [6, 6.07) is 24.2. The highest BCUT2D eigenvalue weighted by Gasteiger charge is 2.12. The molecule has 0 radical (unpaired) electrons. The van der Waals surface area contributed by atoms with Gasteiger partial charge < -0.3 is 15.2 Å². The molecule has 0 bridgehead atoms. The SMILES string of the molecule is CC(O)CCCCOc1ccc(C(=O)Nc2ccccc2Sc2ccccc2C#N)cc1. The van der Waals surface area contributed by atoms with Gasteiger partial charge in [-0.1, -0.05) is 36.0 Å². The number of carbonyl (C=O) groups is 1. The molecule has 0 heterocycles. The molecule has 3 aromatic carbocycles. The van der Waals surface area contributed by atoms with Crippen LogP contribution < -0.4 is 10.1 Å². The van der Waals surface area contributed by atoms with Gasteiger partial charge in [0.15, 0.2) is 0 Å². The zero-order chi connectivity index (χ0) is 22.8. The number of anilines is 1. The van der Waals surface area contributed by atoms with E-state index < -0.39 is 0 Å². The average molecular weight is 447 g/mol. The molecule has 6 heteroatoms. The van der Waals surface area contributed by atoms with Crippen molar-refractivity contribution >= 4 is 23.4 Å². The number of aliphatic hydroxyl groups excluding tert-OH is 1.